The van der Waals surface area contributed by atoms with Crippen molar-refractivity contribution in [2.24, 2.45) is 5.92 Å². The summed E-state index contributed by atoms with van der Waals surface area (Å²) in [6, 6.07) is -0.171. The molecule has 0 aliphatic rings. The number of carbonyl (C=O) groups is 1. The van der Waals surface area contributed by atoms with Crippen molar-refractivity contribution in [2.75, 3.05) is 13.7 Å². The van der Waals surface area contributed by atoms with E-state index in [0.717, 1.165) is 0 Å². The van der Waals surface area contributed by atoms with Crippen molar-refractivity contribution >= 4 is 5.97 Å². The number of hydrogen-bond donors (Lipinski definition) is 1. The first kappa shape index (κ1) is 14.9. The minimum Gasteiger partial charge on any atom is -0.465 e. The summed E-state index contributed by atoms with van der Waals surface area (Å²) in [4.78, 5) is 11.1. The molecule has 0 aromatic carbocycles. The van der Waals surface area contributed by atoms with Gasteiger partial charge in [0.15, 0.2) is 0 Å². The predicted molar refractivity (Wildman–Crippen MR) is 55.7 cm³/mol. The largest absolute Gasteiger partial charge is 0.465 e. The van der Waals surface area contributed by atoms with Crippen LogP contribution in [0.2, 0.25) is 0 Å². The summed E-state index contributed by atoms with van der Waals surface area (Å²) in [6.45, 7) is 10.2. The van der Waals surface area contributed by atoms with Crippen LogP contribution in [0.25, 0.3) is 0 Å². The van der Waals surface area contributed by atoms with E-state index in [9.17, 15) is 4.79 Å². The summed E-state index contributed by atoms with van der Waals surface area (Å²) in [5.41, 5.74) is 0. The molecule has 1 unspecified atom stereocenters. The van der Waals surface area contributed by atoms with Crippen LogP contribution in [0.1, 0.15) is 34.6 Å². The van der Waals surface area contributed by atoms with E-state index in [1.165, 1.54) is 0 Å². The number of hydrogen-bond acceptors (Lipinski definition) is 3. The molecule has 0 saturated carbocycles. The van der Waals surface area contributed by atoms with Crippen LogP contribution in [-0.4, -0.2) is 25.7 Å². The van der Waals surface area contributed by atoms with Gasteiger partial charge in [0.25, 0.3) is 0 Å². The van der Waals surface area contributed by atoms with Crippen LogP contribution in [0, 0.1) is 5.92 Å². The fourth-order valence-electron chi connectivity index (χ4n) is 0.955. The summed E-state index contributed by atoms with van der Waals surface area (Å²) < 4.78 is 4.85. The molecule has 1 N–H and O–H groups in total. The predicted octanol–water partition coefficient (Wildman–Crippen LogP) is 1.82. The summed E-state index contributed by atoms with van der Waals surface area (Å²) >= 11 is 0. The lowest BCUT2D eigenvalue weighted by Crippen LogP contribution is -2.39. The molecule has 0 rings (SSSR count). The van der Waals surface area contributed by atoms with Gasteiger partial charge in [-0.2, -0.15) is 0 Å². The van der Waals surface area contributed by atoms with Crippen LogP contribution in [0.15, 0.2) is 0 Å². The monoisotopic (exact) mass is 189 g/mol. The normalized spacial score (nSPS) is 11.6. The zero-order valence-corrected chi connectivity index (χ0v) is 9.68. The van der Waals surface area contributed by atoms with E-state index in [4.69, 9.17) is 4.74 Å². The van der Waals surface area contributed by atoms with Gasteiger partial charge in [-0.05, 0) is 19.9 Å². The SMILES string of the molecule is CC.CCOC(=O)C(NC)C(C)C. The second kappa shape index (κ2) is 9.52. The number of carbonyl (C=O) groups excluding carboxylic acids is 1. The standard InChI is InChI=1S/C8H17NO2.C2H6/c1-5-11-8(10)7(9-4)6(2)3;1-2/h6-7,9H,5H2,1-4H3;1-2H3. The minimum absolute atomic E-state index is 0.162. The summed E-state index contributed by atoms with van der Waals surface area (Å²) in [5.74, 6) is 0.115. The lowest BCUT2D eigenvalue weighted by atomic mass is 10.1. The Morgan fingerprint density at radius 2 is 1.85 bits per heavy atom. The first-order valence-electron chi connectivity index (χ1n) is 4.97. The summed E-state index contributed by atoms with van der Waals surface area (Å²) in [5, 5.41) is 2.91. The number of nitrogens with one attached hydrogen (secondary N) is 1. The molecule has 1 atom stereocenters. The Morgan fingerprint density at radius 1 is 1.38 bits per heavy atom. The van der Waals surface area contributed by atoms with E-state index in [0.29, 0.717) is 6.61 Å². The Labute approximate surface area is 81.9 Å². The zero-order chi connectivity index (χ0) is 10.9. The van der Waals surface area contributed by atoms with Gasteiger partial charge in [0.05, 0.1) is 6.61 Å². The Bertz CT molecular complexity index is 124. The summed E-state index contributed by atoms with van der Waals surface area (Å²) in [7, 11) is 1.77. The van der Waals surface area contributed by atoms with E-state index < -0.39 is 0 Å². The van der Waals surface area contributed by atoms with Gasteiger partial charge in [-0.25, -0.2) is 0 Å². The third-order valence-corrected chi connectivity index (χ3v) is 1.52. The smallest absolute Gasteiger partial charge is 0.323 e. The molecule has 0 aliphatic carbocycles. The van der Waals surface area contributed by atoms with Crippen LogP contribution in [0.4, 0.5) is 0 Å². The average Bonchev–Trinajstić information content (AvgIpc) is 2.09. The molecule has 0 saturated heterocycles. The summed E-state index contributed by atoms with van der Waals surface area (Å²) in [6.07, 6.45) is 0. The molecule has 0 aromatic rings. The Kier molecular flexibility index (Phi) is 10.9. The molecule has 3 heteroatoms. The van der Waals surface area contributed by atoms with E-state index >= 15 is 0 Å². The van der Waals surface area contributed by atoms with Gasteiger partial charge in [-0.3, -0.25) is 4.79 Å². The van der Waals surface area contributed by atoms with Crippen LogP contribution in [0.3, 0.4) is 0 Å². The highest BCUT2D eigenvalue weighted by molar-refractivity contribution is 5.75. The molecule has 3 nitrogen and oxygen atoms in total. The van der Waals surface area contributed by atoms with E-state index in [-0.39, 0.29) is 17.9 Å². The van der Waals surface area contributed by atoms with Gasteiger partial charge in [0, 0.05) is 0 Å². The van der Waals surface area contributed by atoms with Gasteiger partial charge < -0.3 is 10.1 Å². The highest BCUT2D eigenvalue weighted by Gasteiger charge is 2.20. The van der Waals surface area contributed by atoms with Crippen LogP contribution < -0.4 is 5.32 Å². The molecule has 0 amide bonds. The quantitative estimate of drug-likeness (QED) is 0.686. The second-order valence-corrected chi connectivity index (χ2v) is 2.76. The molecule has 0 aliphatic heterocycles. The number of esters is 1. The van der Waals surface area contributed by atoms with Crippen molar-refractivity contribution in [3.8, 4) is 0 Å². The van der Waals surface area contributed by atoms with Crippen molar-refractivity contribution < 1.29 is 9.53 Å². The van der Waals surface area contributed by atoms with Crippen molar-refractivity contribution in [1.29, 1.82) is 0 Å². The Hall–Kier alpha value is -0.570. The molecule has 80 valence electrons. The van der Waals surface area contributed by atoms with Crippen molar-refractivity contribution in [2.45, 2.75) is 40.7 Å². The molecule has 0 radical (unpaired) electrons. The first-order chi connectivity index (χ1) is 6.13. The topological polar surface area (TPSA) is 38.3 Å². The molecular weight excluding hydrogens is 166 g/mol. The van der Waals surface area contributed by atoms with E-state index in [1.807, 2.05) is 34.6 Å². The van der Waals surface area contributed by atoms with Crippen molar-refractivity contribution in [1.82, 2.24) is 5.32 Å². The number of likely N-dealkylation sites (N-methyl/N-ethyl adjacent to an activating group) is 1. The van der Waals surface area contributed by atoms with E-state index in [1.54, 1.807) is 7.05 Å². The maximum Gasteiger partial charge on any atom is 0.323 e. The Morgan fingerprint density at radius 3 is 2.08 bits per heavy atom. The lowest BCUT2D eigenvalue weighted by Gasteiger charge is -2.17. The molecule has 13 heavy (non-hydrogen) atoms. The van der Waals surface area contributed by atoms with Gasteiger partial charge >= 0.3 is 5.97 Å². The molecular formula is C10H23NO2. The van der Waals surface area contributed by atoms with Crippen LogP contribution >= 0.6 is 0 Å². The highest BCUT2D eigenvalue weighted by Crippen LogP contribution is 2.02. The van der Waals surface area contributed by atoms with Gasteiger partial charge in [-0.15, -0.1) is 0 Å². The Balaban J connectivity index is 0. The molecule has 0 aromatic heterocycles. The van der Waals surface area contributed by atoms with E-state index in [2.05, 4.69) is 5.32 Å². The second-order valence-electron chi connectivity index (χ2n) is 2.76. The minimum atomic E-state index is -0.171. The zero-order valence-electron chi connectivity index (χ0n) is 9.68. The first-order valence-corrected chi connectivity index (χ1v) is 4.97. The van der Waals surface area contributed by atoms with Gasteiger partial charge in [0.1, 0.15) is 6.04 Å². The maximum atomic E-state index is 11.1. The number of ether oxygens (including phenoxy) is 1. The lowest BCUT2D eigenvalue weighted by molar-refractivity contribution is -0.146. The fraction of sp³-hybridized carbons (Fsp3) is 0.900. The van der Waals surface area contributed by atoms with Gasteiger partial charge in [0.2, 0.25) is 0 Å². The third kappa shape index (κ3) is 6.58. The number of rotatable bonds is 4. The molecule has 0 bridgehead atoms. The van der Waals surface area contributed by atoms with Crippen molar-refractivity contribution in [3.05, 3.63) is 0 Å². The fourth-order valence-corrected chi connectivity index (χ4v) is 0.955. The van der Waals surface area contributed by atoms with Crippen LogP contribution in [0.5, 0.6) is 0 Å². The highest BCUT2D eigenvalue weighted by atomic mass is 16.5. The molecule has 0 spiro atoms. The van der Waals surface area contributed by atoms with Crippen molar-refractivity contribution in [3.63, 3.8) is 0 Å². The average molecular weight is 189 g/mol. The molecule has 0 heterocycles. The molecule has 0 fully saturated rings. The maximum absolute atomic E-state index is 11.1. The van der Waals surface area contributed by atoms with Gasteiger partial charge in [-0.1, -0.05) is 27.7 Å². The van der Waals surface area contributed by atoms with Crippen LogP contribution in [-0.2, 0) is 9.53 Å². The third-order valence-electron chi connectivity index (χ3n) is 1.52.